The van der Waals surface area contributed by atoms with Crippen LogP contribution >= 0.6 is 90.7 Å². The summed E-state index contributed by atoms with van der Waals surface area (Å²) in [5.74, 6) is 0. The number of aryl methyl sites for hydroxylation is 8. The van der Waals surface area contributed by atoms with Crippen LogP contribution in [0.1, 0.15) is 214 Å². The summed E-state index contributed by atoms with van der Waals surface area (Å²) < 4.78 is 0. The van der Waals surface area contributed by atoms with E-state index >= 15 is 0 Å². The molecule has 0 N–H and O–H groups in total. The minimum Gasteiger partial charge on any atom is -0.144 e. The van der Waals surface area contributed by atoms with Crippen molar-refractivity contribution in [3.8, 4) is 83.5 Å². The predicted molar refractivity (Wildman–Crippen MR) is 590 cm³/mol. The van der Waals surface area contributed by atoms with E-state index in [0.29, 0.717) is 0 Å². The molecule has 8 aromatic heterocycles. The number of thiophene rings is 8. The van der Waals surface area contributed by atoms with E-state index in [9.17, 15) is 0 Å². The van der Waals surface area contributed by atoms with Gasteiger partial charge in [0.1, 0.15) is 0 Å². The van der Waals surface area contributed by atoms with Gasteiger partial charge in [0.15, 0.2) is 0 Å². The number of rotatable bonds is 34. The average molecular weight is 1850 g/mol. The molecule has 660 valence electrons. The number of benzene rings is 12. The molecule has 0 saturated heterocycles. The second kappa shape index (κ2) is 45.2. The summed E-state index contributed by atoms with van der Waals surface area (Å²) in [4.78, 5) is 11.1. The lowest BCUT2D eigenvalue weighted by Crippen LogP contribution is -1.87. The van der Waals surface area contributed by atoms with Crippen LogP contribution in [0.4, 0.5) is 0 Å². The molecule has 0 aliphatic carbocycles. The maximum absolute atomic E-state index is 2.41. The first-order chi connectivity index (χ1) is 63.9. The topological polar surface area (TPSA) is 0 Å². The zero-order chi connectivity index (χ0) is 89.1. The minimum absolute atomic E-state index is 1.19. The zero-order valence-electron chi connectivity index (χ0n) is 77.4. The smallest absolute Gasteiger partial charge is 0.0374 e. The Labute approximate surface area is 805 Å². The molecule has 20 aromatic rings. The van der Waals surface area contributed by atoms with Gasteiger partial charge in [-0.25, -0.2) is 0 Å². The van der Waals surface area contributed by atoms with E-state index in [-0.39, 0.29) is 0 Å². The monoisotopic (exact) mass is 1840 g/mol. The van der Waals surface area contributed by atoms with E-state index in [2.05, 4.69) is 341 Å². The molecule has 8 heteroatoms. The summed E-state index contributed by atoms with van der Waals surface area (Å²) in [5.41, 5.74) is 22.3. The Morgan fingerprint density at radius 3 is 0.623 bits per heavy atom. The van der Waals surface area contributed by atoms with Crippen molar-refractivity contribution in [2.24, 2.45) is 0 Å². The summed E-state index contributed by atoms with van der Waals surface area (Å²) in [6.07, 6.45) is 33.4. The maximum Gasteiger partial charge on any atom is 0.0374 e. The van der Waals surface area contributed by atoms with Crippen LogP contribution in [0.5, 0.6) is 0 Å². The van der Waals surface area contributed by atoms with E-state index < -0.39 is 0 Å². The highest BCUT2D eigenvalue weighted by Crippen LogP contribution is 2.43. The summed E-state index contributed by atoms with van der Waals surface area (Å²) >= 11 is 14.9. The minimum atomic E-state index is 1.19. The lowest BCUT2D eigenvalue weighted by Gasteiger charge is -2.09. The number of unbranched alkanes of at least 4 members (excludes halogenated alkanes) is 14. The van der Waals surface area contributed by atoms with Crippen molar-refractivity contribution in [2.75, 3.05) is 0 Å². The molecule has 0 aliphatic heterocycles. The third kappa shape index (κ3) is 23.3. The normalized spacial score (nSPS) is 11.6. The number of hydrogen-bond donors (Lipinski definition) is 0. The quantitative estimate of drug-likeness (QED) is 0.0279. The zero-order valence-corrected chi connectivity index (χ0v) is 83.9. The Morgan fingerprint density at radius 1 is 0.169 bits per heavy atom. The lowest BCUT2D eigenvalue weighted by atomic mass is 9.97. The molecule has 0 spiro atoms. The number of fused-ring (bicyclic) bond motifs is 8. The lowest BCUT2D eigenvalue weighted by molar-refractivity contribution is 0.667. The van der Waals surface area contributed by atoms with Gasteiger partial charge in [-0.3, -0.25) is 0 Å². The highest BCUT2D eigenvalue weighted by atomic mass is 32.1. The summed E-state index contributed by atoms with van der Waals surface area (Å²) in [5, 5.41) is 39.5. The third-order valence-corrected chi connectivity index (χ3v) is 34.2. The fourth-order valence-electron chi connectivity index (χ4n) is 18.3. The Morgan fingerprint density at radius 2 is 0.385 bits per heavy atom. The molecule has 0 amide bonds. The van der Waals surface area contributed by atoms with Crippen LogP contribution in [0.3, 0.4) is 0 Å². The van der Waals surface area contributed by atoms with Gasteiger partial charge in [0.05, 0.1) is 0 Å². The van der Waals surface area contributed by atoms with Crippen molar-refractivity contribution in [1.82, 2.24) is 0 Å². The second-order valence-electron chi connectivity index (χ2n) is 36.2. The van der Waals surface area contributed by atoms with Crippen molar-refractivity contribution >= 4 is 177 Å². The van der Waals surface area contributed by atoms with Gasteiger partial charge in [0.2, 0.25) is 0 Å². The van der Waals surface area contributed by atoms with E-state index in [0.717, 1.165) is 0 Å². The molecule has 0 fully saturated rings. The standard InChI is InChI=1S/2C34H38S2.C30H30S2.C24H18S2/c1-3-5-7-9-11-25-17-33(35-23-25)29-15-13-27-20-32-22-30(16-14-28(32)19-31(27)21-29)34-18-26(24-36-34)12-10-8-6-4-2;1-3-5-7-9-11-25-17-19-35-33(25)29-15-13-27-22-32-24-30(16-14-28(32)21-31(27)23-29)34-26(18-20-36-34)12-10-8-6-4-2;1-3-5-7-21-13-29(31-19-21)25-11-9-23-16-28-18-26(12-10-24(28)15-27(23)17-25)30-14-22(20-32-30)8-6-4-2;1-15-7-23(25-13-15)19-5-3-17-10-22-12-20(24-8-16(2)14-26-24)6-4-18(22)9-21(17)11-19/h2*13-24H,3-12H2,1-2H3;9-20H,3-8H2,1-2H3;3-14H,1-2H3. The molecule has 0 nitrogen and oxygen atoms in total. The van der Waals surface area contributed by atoms with Crippen molar-refractivity contribution in [1.29, 1.82) is 0 Å². The van der Waals surface area contributed by atoms with Crippen LogP contribution in [-0.4, -0.2) is 0 Å². The largest absolute Gasteiger partial charge is 0.144 e. The molecule has 0 atom stereocenters. The first-order valence-corrected chi connectivity index (χ1v) is 55.4. The highest BCUT2D eigenvalue weighted by molar-refractivity contribution is 7.16. The van der Waals surface area contributed by atoms with E-state index in [1.54, 1.807) is 0 Å². The first-order valence-electron chi connectivity index (χ1n) is 48.3. The molecule has 0 bridgehead atoms. The van der Waals surface area contributed by atoms with Crippen LogP contribution in [0, 0.1) is 13.8 Å². The van der Waals surface area contributed by atoms with Crippen molar-refractivity contribution in [3.05, 3.63) is 330 Å². The van der Waals surface area contributed by atoms with Crippen molar-refractivity contribution in [3.63, 3.8) is 0 Å². The van der Waals surface area contributed by atoms with Crippen molar-refractivity contribution in [2.45, 2.75) is 222 Å². The molecule has 0 unspecified atom stereocenters. The van der Waals surface area contributed by atoms with Gasteiger partial charge in [-0.05, 0) is 455 Å². The molecule has 0 radical (unpaired) electrons. The van der Waals surface area contributed by atoms with Crippen molar-refractivity contribution < 1.29 is 0 Å². The highest BCUT2D eigenvalue weighted by Gasteiger charge is 2.17. The predicted octanol–water partition coefficient (Wildman–Crippen LogP) is 41.6. The molecule has 8 heterocycles. The Kier molecular flexibility index (Phi) is 32.0. The van der Waals surface area contributed by atoms with Gasteiger partial charge < -0.3 is 0 Å². The van der Waals surface area contributed by atoms with Crippen LogP contribution in [0.25, 0.3) is 170 Å². The molecule has 0 saturated carbocycles. The molecule has 130 heavy (non-hydrogen) atoms. The van der Waals surface area contributed by atoms with E-state index in [1.807, 2.05) is 90.7 Å². The van der Waals surface area contributed by atoms with Gasteiger partial charge in [0, 0.05) is 39.0 Å². The summed E-state index contributed by atoms with van der Waals surface area (Å²) in [6.45, 7) is 17.9. The number of hydrogen-bond acceptors (Lipinski definition) is 8. The summed E-state index contributed by atoms with van der Waals surface area (Å²) in [7, 11) is 0. The first kappa shape index (κ1) is 92.2. The van der Waals surface area contributed by atoms with Crippen LogP contribution < -0.4 is 0 Å². The fraction of sp³-hybridized carbons (Fsp3) is 0.279. The average Bonchev–Trinajstić information content (AvgIpc) is 1.23. The van der Waals surface area contributed by atoms with Gasteiger partial charge in [-0.2, -0.15) is 0 Å². The van der Waals surface area contributed by atoms with Crippen LogP contribution in [-0.2, 0) is 38.5 Å². The Hall–Kier alpha value is -9.68. The van der Waals surface area contributed by atoms with Crippen LogP contribution in [0.2, 0.25) is 0 Å². The van der Waals surface area contributed by atoms with Gasteiger partial charge in [-0.15, -0.1) is 90.7 Å². The van der Waals surface area contributed by atoms with E-state index in [1.165, 1.54) is 381 Å². The Balaban J connectivity index is 0.000000122. The van der Waals surface area contributed by atoms with E-state index in [4.69, 9.17) is 0 Å². The molecular formula is C122H124S8. The molecule has 20 rings (SSSR count). The SMILES string of the molecule is CCCCCCc1ccsc1-c1ccc2cc3cc(-c4sccc4CCCCCC)ccc3cc2c1.CCCCCCc1csc(-c2ccc3cc4cc(-c5cc(CCCCCC)cs5)ccc4cc3c2)c1.CCCCc1csc(-c2ccc3cc4cc(-c5cc(CCCC)cs5)ccc4cc3c2)c1.Cc1csc(-c2ccc3cc4cc(-c5cc(C)cs5)ccc4cc3c2)c1. The van der Waals surface area contributed by atoms with Gasteiger partial charge in [0.25, 0.3) is 0 Å². The third-order valence-electron chi connectivity index (χ3n) is 25.9. The molecular weight excluding hydrogens is 1720 g/mol. The van der Waals surface area contributed by atoms with Gasteiger partial charge in [-0.1, -0.05) is 228 Å². The molecule has 0 aliphatic rings. The summed E-state index contributed by atoms with van der Waals surface area (Å²) in [6, 6.07) is 93.1. The Bertz CT molecular complexity index is 6720. The molecule has 12 aromatic carbocycles. The maximum atomic E-state index is 2.41. The van der Waals surface area contributed by atoms with Gasteiger partial charge >= 0.3 is 0 Å². The fourth-order valence-corrected chi connectivity index (χ4v) is 25.8. The second-order valence-corrected chi connectivity index (χ2v) is 43.5. The van der Waals surface area contributed by atoms with Crippen LogP contribution in [0.15, 0.2) is 286 Å².